The molecule has 1 rings (SSSR count). The lowest BCUT2D eigenvalue weighted by molar-refractivity contribution is -0.138. The number of carboxylic acids is 1. The summed E-state index contributed by atoms with van der Waals surface area (Å²) >= 11 is 6.12. The molecule has 94 valence electrons. The fourth-order valence-corrected chi connectivity index (χ4v) is 1.88. The molecule has 0 saturated heterocycles. The van der Waals surface area contributed by atoms with E-state index in [1.165, 1.54) is 0 Å². The predicted molar refractivity (Wildman–Crippen MR) is 68.3 cm³/mol. The molecule has 0 bridgehead atoms. The minimum atomic E-state index is -0.927. The summed E-state index contributed by atoms with van der Waals surface area (Å²) in [6.07, 6.45) is 0. The lowest BCUT2D eigenvalue weighted by atomic mass is 9.98. The van der Waals surface area contributed by atoms with Gasteiger partial charge in [0.25, 0.3) is 0 Å². The Hall–Kier alpha value is -1.10. The number of carboxylic acid groups (broad SMARTS) is 1. The second-order valence-corrected chi connectivity index (χ2v) is 4.62. The van der Waals surface area contributed by atoms with Crippen molar-refractivity contribution in [2.24, 2.45) is 5.73 Å². The van der Waals surface area contributed by atoms with Crippen LogP contribution in [0.5, 0.6) is 0 Å². The molecular formula is C12H17ClN2O2. The SMILES string of the molecule is CN(C)Cc1ccc(C(CN)C(=O)O)cc1Cl. The average Bonchev–Trinajstić information content (AvgIpc) is 2.22. The highest BCUT2D eigenvalue weighted by atomic mass is 35.5. The highest BCUT2D eigenvalue weighted by molar-refractivity contribution is 6.31. The smallest absolute Gasteiger partial charge is 0.312 e. The molecule has 1 unspecified atom stereocenters. The Balaban J connectivity index is 2.99. The number of carbonyl (C=O) groups is 1. The van der Waals surface area contributed by atoms with Crippen LogP contribution in [0.15, 0.2) is 18.2 Å². The van der Waals surface area contributed by atoms with Crippen LogP contribution < -0.4 is 5.73 Å². The molecule has 1 aromatic rings. The van der Waals surface area contributed by atoms with Gasteiger partial charge >= 0.3 is 5.97 Å². The van der Waals surface area contributed by atoms with Crippen LogP contribution in [0.3, 0.4) is 0 Å². The van der Waals surface area contributed by atoms with Gasteiger partial charge in [0, 0.05) is 18.1 Å². The molecule has 0 heterocycles. The molecule has 4 nitrogen and oxygen atoms in total. The summed E-state index contributed by atoms with van der Waals surface area (Å²) in [6.45, 7) is 0.790. The molecule has 0 aliphatic heterocycles. The van der Waals surface area contributed by atoms with Crippen molar-refractivity contribution in [2.75, 3.05) is 20.6 Å². The number of aliphatic carboxylic acids is 1. The summed E-state index contributed by atoms with van der Waals surface area (Å²) in [6, 6.07) is 5.31. The first kappa shape index (κ1) is 14.0. The summed E-state index contributed by atoms with van der Waals surface area (Å²) in [5.41, 5.74) is 7.06. The number of halogens is 1. The van der Waals surface area contributed by atoms with Gasteiger partial charge in [0.15, 0.2) is 0 Å². The Morgan fingerprint density at radius 2 is 2.18 bits per heavy atom. The van der Waals surface area contributed by atoms with E-state index in [2.05, 4.69) is 0 Å². The molecule has 17 heavy (non-hydrogen) atoms. The summed E-state index contributed by atoms with van der Waals surface area (Å²) in [4.78, 5) is 13.0. The van der Waals surface area contributed by atoms with Gasteiger partial charge in [-0.1, -0.05) is 23.7 Å². The van der Waals surface area contributed by atoms with Crippen LogP contribution in [0.2, 0.25) is 5.02 Å². The maximum absolute atomic E-state index is 11.0. The molecule has 1 atom stereocenters. The topological polar surface area (TPSA) is 66.6 Å². The maximum atomic E-state index is 11.0. The van der Waals surface area contributed by atoms with Gasteiger partial charge in [-0.15, -0.1) is 0 Å². The number of nitrogens with two attached hydrogens (primary N) is 1. The van der Waals surface area contributed by atoms with Crippen molar-refractivity contribution in [1.82, 2.24) is 4.90 Å². The van der Waals surface area contributed by atoms with E-state index in [0.29, 0.717) is 10.6 Å². The Kier molecular flexibility index (Phi) is 4.93. The first-order chi connectivity index (χ1) is 7.95. The van der Waals surface area contributed by atoms with E-state index in [-0.39, 0.29) is 6.54 Å². The Bertz CT molecular complexity index is 407. The number of nitrogens with zero attached hydrogens (tertiary/aromatic N) is 1. The van der Waals surface area contributed by atoms with Crippen LogP contribution in [0, 0.1) is 0 Å². The van der Waals surface area contributed by atoms with Crippen molar-refractivity contribution in [3.8, 4) is 0 Å². The molecule has 3 N–H and O–H groups in total. The molecule has 5 heteroatoms. The molecule has 0 amide bonds. The zero-order chi connectivity index (χ0) is 13.0. The van der Waals surface area contributed by atoms with E-state index in [0.717, 1.165) is 12.1 Å². The van der Waals surface area contributed by atoms with E-state index in [4.69, 9.17) is 22.4 Å². The largest absolute Gasteiger partial charge is 0.481 e. The number of rotatable bonds is 5. The van der Waals surface area contributed by atoms with Crippen LogP contribution in [-0.4, -0.2) is 36.6 Å². The molecule has 0 fully saturated rings. The second kappa shape index (κ2) is 6.00. The van der Waals surface area contributed by atoms with Crippen molar-refractivity contribution in [3.63, 3.8) is 0 Å². The first-order valence-corrected chi connectivity index (χ1v) is 5.69. The van der Waals surface area contributed by atoms with Crippen molar-refractivity contribution in [3.05, 3.63) is 34.3 Å². The van der Waals surface area contributed by atoms with Crippen LogP contribution in [0.4, 0.5) is 0 Å². The van der Waals surface area contributed by atoms with Crippen molar-refractivity contribution in [2.45, 2.75) is 12.5 Å². The van der Waals surface area contributed by atoms with Crippen LogP contribution in [-0.2, 0) is 11.3 Å². The number of hydrogen-bond donors (Lipinski definition) is 2. The Labute approximate surface area is 106 Å². The van der Waals surface area contributed by atoms with E-state index in [9.17, 15) is 4.79 Å². The lowest BCUT2D eigenvalue weighted by Gasteiger charge is -2.14. The van der Waals surface area contributed by atoms with Gasteiger partial charge in [0.2, 0.25) is 0 Å². The van der Waals surface area contributed by atoms with Gasteiger partial charge in [0.05, 0.1) is 5.92 Å². The average molecular weight is 257 g/mol. The third kappa shape index (κ3) is 3.70. The van der Waals surface area contributed by atoms with Gasteiger partial charge in [-0.2, -0.15) is 0 Å². The molecule has 1 aromatic carbocycles. The van der Waals surface area contributed by atoms with Crippen molar-refractivity contribution in [1.29, 1.82) is 0 Å². The van der Waals surface area contributed by atoms with E-state index >= 15 is 0 Å². The Morgan fingerprint density at radius 3 is 2.59 bits per heavy atom. The van der Waals surface area contributed by atoms with Gasteiger partial charge in [-0.3, -0.25) is 4.79 Å². The quantitative estimate of drug-likeness (QED) is 0.839. The lowest BCUT2D eigenvalue weighted by Crippen LogP contribution is -2.21. The minimum absolute atomic E-state index is 0.0681. The molecular weight excluding hydrogens is 240 g/mol. The summed E-state index contributed by atoms with van der Waals surface area (Å²) in [5, 5.41) is 9.58. The van der Waals surface area contributed by atoms with E-state index in [1.807, 2.05) is 25.1 Å². The van der Waals surface area contributed by atoms with E-state index < -0.39 is 11.9 Å². The highest BCUT2D eigenvalue weighted by Gasteiger charge is 2.18. The van der Waals surface area contributed by atoms with Gasteiger partial charge in [-0.25, -0.2) is 0 Å². The molecule has 0 radical (unpaired) electrons. The molecule has 0 aliphatic rings. The monoisotopic (exact) mass is 256 g/mol. The summed E-state index contributed by atoms with van der Waals surface area (Å²) in [7, 11) is 3.90. The zero-order valence-corrected chi connectivity index (χ0v) is 10.7. The first-order valence-electron chi connectivity index (χ1n) is 5.31. The van der Waals surface area contributed by atoms with E-state index in [1.54, 1.807) is 12.1 Å². The Morgan fingerprint density at radius 1 is 1.53 bits per heavy atom. The van der Waals surface area contributed by atoms with Crippen LogP contribution in [0.1, 0.15) is 17.0 Å². The van der Waals surface area contributed by atoms with Gasteiger partial charge in [0.1, 0.15) is 0 Å². The fraction of sp³-hybridized carbons (Fsp3) is 0.417. The second-order valence-electron chi connectivity index (χ2n) is 4.22. The zero-order valence-electron chi connectivity index (χ0n) is 9.98. The van der Waals surface area contributed by atoms with Crippen molar-refractivity contribution < 1.29 is 9.90 Å². The summed E-state index contributed by atoms with van der Waals surface area (Å²) in [5.74, 6) is -1.62. The molecule has 0 aromatic heterocycles. The number of benzene rings is 1. The molecule has 0 spiro atoms. The molecule has 0 aliphatic carbocycles. The standard InChI is InChI=1S/C12H17ClN2O2/c1-15(2)7-9-4-3-8(5-11(9)13)10(6-14)12(16)17/h3-5,10H,6-7,14H2,1-2H3,(H,16,17). The third-order valence-corrected chi connectivity index (χ3v) is 2.85. The van der Waals surface area contributed by atoms with Crippen LogP contribution in [0.25, 0.3) is 0 Å². The maximum Gasteiger partial charge on any atom is 0.312 e. The third-order valence-electron chi connectivity index (χ3n) is 2.50. The normalized spacial score (nSPS) is 12.8. The van der Waals surface area contributed by atoms with Gasteiger partial charge < -0.3 is 15.7 Å². The summed E-state index contributed by atoms with van der Waals surface area (Å²) < 4.78 is 0. The number of hydrogen-bond acceptors (Lipinski definition) is 3. The fourth-order valence-electron chi connectivity index (χ4n) is 1.63. The van der Waals surface area contributed by atoms with Crippen LogP contribution >= 0.6 is 11.6 Å². The van der Waals surface area contributed by atoms with Crippen molar-refractivity contribution >= 4 is 17.6 Å². The highest BCUT2D eigenvalue weighted by Crippen LogP contribution is 2.23. The van der Waals surface area contributed by atoms with Gasteiger partial charge in [-0.05, 0) is 31.3 Å². The minimum Gasteiger partial charge on any atom is -0.481 e. The predicted octanol–water partition coefficient (Wildman–Crippen LogP) is 1.53. The molecule has 0 saturated carbocycles.